The van der Waals surface area contributed by atoms with Crippen molar-refractivity contribution in [2.75, 3.05) is 18.1 Å². The third kappa shape index (κ3) is 6.17. The van der Waals surface area contributed by atoms with Crippen molar-refractivity contribution < 1.29 is 14.6 Å². The van der Waals surface area contributed by atoms with Crippen LogP contribution < -0.4 is 5.32 Å². The number of carbonyl (C=O) groups is 1. The molecule has 0 unspecified atom stereocenters. The first-order chi connectivity index (χ1) is 7.81. The minimum atomic E-state index is -0.597. The van der Waals surface area contributed by atoms with Crippen LogP contribution in [0, 0.1) is 0 Å². The summed E-state index contributed by atoms with van der Waals surface area (Å²) in [6.07, 6.45) is 1.82. The number of alkyl carbamates (subject to hydrolysis) is 1. The predicted octanol–water partition coefficient (Wildman–Crippen LogP) is 2.16. The van der Waals surface area contributed by atoms with Gasteiger partial charge in [0.25, 0.3) is 0 Å². The Morgan fingerprint density at radius 2 is 2.00 bits per heavy atom. The summed E-state index contributed by atoms with van der Waals surface area (Å²) in [6.45, 7) is 5.96. The van der Waals surface area contributed by atoms with E-state index in [1.807, 2.05) is 32.5 Å². The molecular formula is C12H23NO3S. The molecule has 100 valence electrons. The van der Waals surface area contributed by atoms with Gasteiger partial charge in [-0.15, -0.1) is 0 Å². The van der Waals surface area contributed by atoms with Crippen molar-refractivity contribution in [1.82, 2.24) is 5.32 Å². The molecule has 1 rings (SSSR count). The minimum Gasteiger partial charge on any atom is -0.444 e. The zero-order chi connectivity index (χ0) is 12.9. The Morgan fingerprint density at radius 3 is 2.53 bits per heavy atom. The highest BCUT2D eigenvalue weighted by Crippen LogP contribution is 2.29. The van der Waals surface area contributed by atoms with E-state index in [-0.39, 0.29) is 0 Å². The summed E-state index contributed by atoms with van der Waals surface area (Å²) in [6, 6.07) is 0. The van der Waals surface area contributed by atoms with Gasteiger partial charge in [-0.25, -0.2) is 4.79 Å². The molecule has 0 aromatic heterocycles. The van der Waals surface area contributed by atoms with Gasteiger partial charge in [0.15, 0.2) is 0 Å². The lowest BCUT2D eigenvalue weighted by molar-refractivity contribution is 0.0209. The Kier molecular flexibility index (Phi) is 5.13. The molecule has 0 spiro atoms. The standard InChI is InChI=1S/C12H23NO3S/c1-11(2,3)16-10(14)13-7-4-12(15)5-8-17-9-6-12/h15H,4-9H2,1-3H3,(H,13,14). The van der Waals surface area contributed by atoms with E-state index in [1.54, 1.807) is 0 Å². The fourth-order valence-corrected chi connectivity index (χ4v) is 2.97. The lowest BCUT2D eigenvalue weighted by atomic mass is 9.93. The highest BCUT2D eigenvalue weighted by atomic mass is 32.2. The molecular weight excluding hydrogens is 238 g/mol. The van der Waals surface area contributed by atoms with E-state index in [0.717, 1.165) is 24.3 Å². The van der Waals surface area contributed by atoms with Gasteiger partial charge in [0.05, 0.1) is 5.60 Å². The minimum absolute atomic E-state index is 0.411. The number of hydrogen-bond donors (Lipinski definition) is 2. The van der Waals surface area contributed by atoms with Crippen molar-refractivity contribution in [3.05, 3.63) is 0 Å². The first-order valence-electron chi connectivity index (χ1n) is 6.08. The molecule has 0 aromatic rings. The van der Waals surface area contributed by atoms with Gasteiger partial charge in [0.2, 0.25) is 0 Å². The SMILES string of the molecule is CC(C)(C)OC(=O)NCCC1(O)CCSCC1. The normalized spacial score (nSPS) is 19.8. The molecule has 0 aromatic carbocycles. The van der Waals surface area contributed by atoms with E-state index in [9.17, 15) is 9.90 Å². The molecule has 0 radical (unpaired) electrons. The van der Waals surface area contributed by atoms with E-state index < -0.39 is 17.3 Å². The van der Waals surface area contributed by atoms with Gasteiger partial charge >= 0.3 is 6.09 Å². The number of aliphatic hydroxyl groups is 1. The molecule has 2 N–H and O–H groups in total. The summed E-state index contributed by atoms with van der Waals surface area (Å²) in [5, 5.41) is 12.9. The maximum Gasteiger partial charge on any atom is 0.407 e. The zero-order valence-electron chi connectivity index (χ0n) is 10.9. The van der Waals surface area contributed by atoms with Crippen molar-refractivity contribution in [3.63, 3.8) is 0 Å². The second-order valence-electron chi connectivity index (χ2n) is 5.52. The maximum atomic E-state index is 11.4. The van der Waals surface area contributed by atoms with E-state index in [2.05, 4.69) is 5.32 Å². The average molecular weight is 261 g/mol. The van der Waals surface area contributed by atoms with E-state index in [1.165, 1.54) is 0 Å². The van der Waals surface area contributed by atoms with E-state index in [4.69, 9.17) is 4.74 Å². The third-order valence-corrected chi connectivity index (χ3v) is 3.67. The van der Waals surface area contributed by atoms with Crippen LogP contribution in [0.25, 0.3) is 0 Å². The molecule has 1 aliphatic heterocycles. The van der Waals surface area contributed by atoms with Crippen molar-refractivity contribution in [3.8, 4) is 0 Å². The van der Waals surface area contributed by atoms with E-state index in [0.29, 0.717) is 13.0 Å². The van der Waals surface area contributed by atoms with E-state index >= 15 is 0 Å². The summed E-state index contributed by atoms with van der Waals surface area (Å²) in [7, 11) is 0. The first-order valence-corrected chi connectivity index (χ1v) is 7.23. The number of nitrogens with one attached hydrogen (secondary N) is 1. The highest BCUT2D eigenvalue weighted by Gasteiger charge is 2.29. The molecule has 5 heteroatoms. The third-order valence-electron chi connectivity index (χ3n) is 2.68. The van der Waals surface area contributed by atoms with Crippen LogP contribution in [0.3, 0.4) is 0 Å². The largest absolute Gasteiger partial charge is 0.444 e. The molecule has 4 nitrogen and oxygen atoms in total. The number of hydrogen-bond acceptors (Lipinski definition) is 4. The molecule has 0 aliphatic carbocycles. The Bertz CT molecular complexity index is 257. The first kappa shape index (κ1) is 14.6. The van der Waals surface area contributed by atoms with Crippen LogP contribution in [0.5, 0.6) is 0 Å². The molecule has 1 fully saturated rings. The zero-order valence-corrected chi connectivity index (χ0v) is 11.7. The van der Waals surface area contributed by atoms with Crippen molar-refractivity contribution in [1.29, 1.82) is 0 Å². The monoisotopic (exact) mass is 261 g/mol. The molecule has 1 amide bonds. The van der Waals surface area contributed by atoms with Crippen molar-refractivity contribution in [2.24, 2.45) is 0 Å². The van der Waals surface area contributed by atoms with Gasteiger partial charge in [0.1, 0.15) is 5.60 Å². The van der Waals surface area contributed by atoms with Crippen LogP contribution in [0.2, 0.25) is 0 Å². The van der Waals surface area contributed by atoms with Crippen LogP contribution >= 0.6 is 11.8 Å². The molecule has 0 saturated carbocycles. The maximum absolute atomic E-state index is 11.4. The Morgan fingerprint density at radius 1 is 1.41 bits per heavy atom. The van der Waals surface area contributed by atoms with Crippen LogP contribution in [-0.2, 0) is 4.74 Å². The van der Waals surface area contributed by atoms with Gasteiger partial charge < -0.3 is 15.2 Å². The van der Waals surface area contributed by atoms with Gasteiger partial charge in [-0.2, -0.15) is 11.8 Å². The lowest BCUT2D eigenvalue weighted by Gasteiger charge is -2.31. The Labute approximate surface area is 107 Å². The fourth-order valence-electron chi connectivity index (χ4n) is 1.71. The number of carbonyl (C=O) groups excluding carboxylic acids is 1. The number of amides is 1. The summed E-state index contributed by atoms with van der Waals surface area (Å²) in [5.74, 6) is 2.01. The van der Waals surface area contributed by atoms with Gasteiger partial charge in [-0.1, -0.05) is 0 Å². The molecule has 1 aliphatic rings. The second-order valence-corrected chi connectivity index (χ2v) is 6.74. The van der Waals surface area contributed by atoms with Gasteiger partial charge in [-0.05, 0) is 51.5 Å². The van der Waals surface area contributed by atoms with Crippen LogP contribution in [0.1, 0.15) is 40.0 Å². The number of rotatable bonds is 3. The second kappa shape index (κ2) is 5.96. The molecule has 0 atom stereocenters. The van der Waals surface area contributed by atoms with Gasteiger partial charge in [0, 0.05) is 6.54 Å². The molecule has 1 heterocycles. The fraction of sp³-hybridized carbons (Fsp3) is 0.917. The summed E-state index contributed by atoms with van der Waals surface area (Å²) in [5.41, 5.74) is -1.07. The molecule has 17 heavy (non-hydrogen) atoms. The summed E-state index contributed by atoms with van der Waals surface area (Å²) in [4.78, 5) is 11.4. The summed E-state index contributed by atoms with van der Waals surface area (Å²) >= 11 is 1.87. The average Bonchev–Trinajstić information content (AvgIpc) is 2.15. The predicted molar refractivity (Wildman–Crippen MR) is 70.4 cm³/mol. The topological polar surface area (TPSA) is 58.6 Å². The van der Waals surface area contributed by atoms with Crippen LogP contribution in [0.4, 0.5) is 4.79 Å². The highest BCUT2D eigenvalue weighted by molar-refractivity contribution is 7.99. The lowest BCUT2D eigenvalue weighted by Crippen LogP contribution is -2.39. The smallest absolute Gasteiger partial charge is 0.407 e. The quantitative estimate of drug-likeness (QED) is 0.817. The van der Waals surface area contributed by atoms with Crippen molar-refractivity contribution >= 4 is 17.9 Å². The Hall–Kier alpha value is -0.420. The van der Waals surface area contributed by atoms with Crippen LogP contribution in [-0.4, -0.2) is 40.5 Å². The Balaban J connectivity index is 2.20. The van der Waals surface area contributed by atoms with Crippen LogP contribution in [0.15, 0.2) is 0 Å². The summed E-state index contributed by atoms with van der Waals surface area (Å²) < 4.78 is 5.12. The van der Waals surface area contributed by atoms with Crippen molar-refractivity contribution in [2.45, 2.75) is 51.2 Å². The molecule has 1 saturated heterocycles. The number of ether oxygens (including phenoxy) is 1. The number of thioether (sulfide) groups is 1. The van der Waals surface area contributed by atoms with Gasteiger partial charge in [-0.3, -0.25) is 0 Å². The molecule has 0 bridgehead atoms.